The van der Waals surface area contributed by atoms with E-state index in [1.165, 1.54) is 11.1 Å². The Morgan fingerprint density at radius 3 is 2.48 bits per heavy atom. The Labute approximate surface area is 124 Å². The number of fused-ring (bicyclic) bond motifs is 1. The van der Waals surface area contributed by atoms with Crippen LogP contribution in [-0.2, 0) is 19.4 Å². The highest BCUT2D eigenvalue weighted by Crippen LogP contribution is 2.21. The van der Waals surface area contributed by atoms with E-state index >= 15 is 0 Å². The number of anilines is 1. The van der Waals surface area contributed by atoms with Crippen molar-refractivity contribution in [2.45, 2.75) is 25.4 Å². The molecule has 0 saturated heterocycles. The van der Waals surface area contributed by atoms with Crippen LogP contribution in [0.4, 0.5) is 10.5 Å². The van der Waals surface area contributed by atoms with Crippen molar-refractivity contribution >= 4 is 11.7 Å². The average Bonchev–Trinajstić information content (AvgIpc) is 2.89. The third kappa shape index (κ3) is 3.23. The SMILES string of the molecule is NCc1cccc(NC(=O)NC2Cc3ccccc3C2)c1. The highest BCUT2D eigenvalue weighted by atomic mass is 16.2. The minimum Gasteiger partial charge on any atom is -0.334 e. The molecule has 4 heteroatoms. The number of benzene rings is 2. The topological polar surface area (TPSA) is 67.1 Å². The molecule has 0 fully saturated rings. The van der Waals surface area contributed by atoms with Crippen molar-refractivity contribution in [2.75, 3.05) is 5.32 Å². The van der Waals surface area contributed by atoms with E-state index in [0.717, 1.165) is 24.1 Å². The van der Waals surface area contributed by atoms with E-state index in [9.17, 15) is 4.79 Å². The van der Waals surface area contributed by atoms with Gasteiger partial charge in [0.05, 0.1) is 0 Å². The monoisotopic (exact) mass is 281 g/mol. The van der Waals surface area contributed by atoms with Crippen LogP contribution in [0, 0.1) is 0 Å². The molecule has 2 aromatic carbocycles. The first-order chi connectivity index (χ1) is 10.2. The first kappa shape index (κ1) is 13.6. The van der Waals surface area contributed by atoms with Gasteiger partial charge >= 0.3 is 6.03 Å². The Hall–Kier alpha value is -2.33. The predicted molar refractivity (Wildman–Crippen MR) is 84.1 cm³/mol. The summed E-state index contributed by atoms with van der Waals surface area (Å²) in [6.45, 7) is 0.467. The number of carbonyl (C=O) groups excluding carboxylic acids is 1. The zero-order chi connectivity index (χ0) is 14.7. The fourth-order valence-electron chi connectivity index (χ4n) is 2.79. The Balaban J connectivity index is 1.58. The molecule has 0 atom stereocenters. The van der Waals surface area contributed by atoms with Crippen molar-refractivity contribution < 1.29 is 4.79 Å². The van der Waals surface area contributed by atoms with Gasteiger partial charge in [-0.05, 0) is 41.7 Å². The van der Waals surface area contributed by atoms with Crippen LogP contribution >= 0.6 is 0 Å². The minimum absolute atomic E-state index is 0.165. The number of urea groups is 1. The molecule has 4 nitrogen and oxygen atoms in total. The molecule has 0 aliphatic heterocycles. The highest BCUT2D eigenvalue weighted by molar-refractivity contribution is 5.89. The molecular formula is C17H19N3O. The minimum atomic E-state index is -0.165. The number of nitrogens with two attached hydrogens (primary N) is 1. The van der Waals surface area contributed by atoms with Crippen molar-refractivity contribution in [1.29, 1.82) is 0 Å². The van der Waals surface area contributed by atoms with Gasteiger partial charge in [-0.3, -0.25) is 0 Å². The Morgan fingerprint density at radius 2 is 1.81 bits per heavy atom. The fraction of sp³-hybridized carbons (Fsp3) is 0.235. The van der Waals surface area contributed by atoms with E-state index in [1.807, 2.05) is 36.4 Å². The molecule has 0 bridgehead atoms. The van der Waals surface area contributed by atoms with Crippen molar-refractivity contribution in [3.05, 3.63) is 65.2 Å². The highest BCUT2D eigenvalue weighted by Gasteiger charge is 2.22. The van der Waals surface area contributed by atoms with Crippen LogP contribution in [0.15, 0.2) is 48.5 Å². The van der Waals surface area contributed by atoms with Gasteiger partial charge in [0.15, 0.2) is 0 Å². The molecule has 4 N–H and O–H groups in total. The van der Waals surface area contributed by atoms with Crippen LogP contribution in [-0.4, -0.2) is 12.1 Å². The molecule has 1 aliphatic rings. The van der Waals surface area contributed by atoms with Crippen LogP contribution in [0.25, 0.3) is 0 Å². The maximum Gasteiger partial charge on any atom is 0.319 e. The zero-order valence-electron chi connectivity index (χ0n) is 11.8. The summed E-state index contributed by atoms with van der Waals surface area (Å²) in [6, 6.07) is 15.9. The van der Waals surface area contributed by atoms with E-state index in [1.54, 1.807) is 0 Å². The van der Waals surface area contributed by atoms with Gasteiger partial charge < -0.3 is 16.4 Å². The van der Waals surface area contributed by atoms with E-state index in [4.69, 9.17) is 5.73 Å². The lowest BCUT2D eigenvalue weighted by molar-refractivity contribution is 0.249. The maximum absolute atomic E-state index is 12.1. The molecule has 1 aliphatic carbocycles. The molecule has 2 aromatic rings. The molecule has 0 spiro atoms. The lowest BCUT2D eigenvalue weighted by Crippen LogP contribution is -2.38. The van der Waals surface area contributed by atoms with Gasteiger partial charge in [0.1, 0.15) is 0 Å². The van der Waals surface area contributed by atoms with E-state index in [0.29, 0.717) is 6.54 Å². The van der Waals surface area contributed by atoms with Gasteiger partial charge in [-0.15, -0.1) is 0 Å². The van der Waals surface area contributed by atoms with Crippen LogP contribution < -0.4 is 16.4 Å². The van der Waals surface area contributed by atoms with Crippen molar-refractivity contribution in [2.24, 2.45) is 5.73 Å². The molecule has 21 heavy (non-hydrogen) atoms. The average molecular weight is 281 g/mol. The number of hydrogen-bond donors (Lipinski definition) is 3. The summed E-state index contributed by atoms with van der Waals surface area (Å²) < 4.78 is 0. The summed E-state index contributed by atoms with van der Waals surface area (Å²) in [5, 5.41) is 5.90. The van der Waals surface area contributed by atoms with Crippen LogP contribution in [0.3, 0.4) is 0 Å². The lowest BCUT2D eigenvalue weighted by atomic mass is 10.1. The third-order valence-corrected chi connectivity index (χ3v) is 3.81. The maximum atomic E-state index is 12.1. The summed E-state index contributed by atoms with van der Waals surface area (Å²) in [5.74, 6) is 0. The smallest absolute Gasteiger partial charge is 0.319 e. The van der Waals surface area contributed by atoms with Crippen molar-refractivity contribution in [1.82, 2.24) is 5.32 Å². The zero-order valence-corrected chi connectivity index (χ0v) is 11.8. The third-order valence-electron chi connectivity index (χ3n) is 3.81. The molecule has 0 aromatic heterocycles. The Bertz CT molecular complexity index is 629. The number of rotatable bonds is 3. The lowest BCUT2D eigenvalue weighted by Gasteiger charge is -2.13. The summed E-state index contributed by atoms with van der Waals surface area (Å²) in [5.41, 5.74) is 10.0. The largest absolute Gasteiger partial charge is 0.334 e. The van der Waals surface area contributed by atoms with Crippen molar-refractivity contribution in [3.8, 4) is 0 Å². The molecule has 2 amide bonds. The number of amides is 2. The number of hydrogen-bond acceptors (Lipinski definition) is 2. The van der Waals surface area contributed by atoms with Gasteiger partial charge in [0.2, 0.25) is 0 Å². The molecule has 108 valence electrons. The second kappa shape index (κ2) is 5.97. The second-order valence-electron chi connectivity index (χ2n) is 5.38. The molecule has 3 rings (SSSR count). The standard InChI is InChI=1S/C17H19N3O/c18-11-12-4-3-7-15(8-12)19-17(21)20-16-9-13-5-1-2-6-14(13)10-16/h1-8,16H,9-11,18H2,(H2,19,20,21). The first-order valence-electron chi connectivity index (χ1n) is 7.18. The van der Waals surface area contributed by atoms with E-state index in [-0.39, 0.29) is 12.1 Å². The fourth-order valence-corrected chi connectivity index (χ4v) is 2.79. The summed E-state index contributed by atoms with van der Waals surface area (Å²) in [6.07, 6.45) is 1.79. The summed E-state index contributed by atoms with van der Waals surface area (Å²) in [7, 11) is 0. The quantitative estimate of drug-likeness (QED) is 0.809. The second-order valence-corrected chi connectivity index (χ2v) is 5.38. The summed E-state index contributed by atoms with van der Waals surface area (Å²) in [4.78, 5) is 12.1. The summed E-state index contributed by atoms with van der Waals surface area (Å²) >= 11 is 0. The van der Waals surface area contributed by atoms with Crippen LogP contribution in [0.1, 0.15) is 16.7 Å². The van der Waals surface area contributed by atoms with Crippen LogP contribution in [0.5, 0.6) is 0 Å². The first-order valence-corrected chi connectivity index (χ1v) is 7.18. The van der Waals surface area contributed by atoms with Gasteiger partial charge in [-0.25, -0.2) is 4.79 Å². The normalized spacial score (nSPS) is 13.8. The Kier molecular flexibility index (Phi) is 3.88. The van der Waals surface area contributed by atoms with Gasteiger partial charge in [-0.2, -0.15) is 0 Å². The van der Waals surface area contributed by atoms with Gasteiger partial charge in [-0.1, -0.05) is 36.4 Å². The molecular weight excluding hydrogens is 262 g/mol. The van der Waals surface area contributed by atoms with Gasteiger partial charge in [0, 0.05) is 18.3 Å². The Morgan fingerprint density at radius 1 is 1.10 bits per heavy atom. The number of carbonyl (C=O) groups is 1. The van der Waals surface area contributed by atoms with Crippen molar-refractivity contribution in [3.63, 3.8) is 0 Å². The molecule has 0 radical (unpaired) electrons. The van der Waals surface area contributed by atoms with E-state index in [2.05, 4.69) is 22.8 Å². The predicted octanol–water partition coefficient (Wildman–Crippen LogP) is 2.43. The molecule has 0 saturated carbocycles. The van der Waals surface area contributed by atoms with E-state index < -0.39 is 0 Å². The number of nitrogens with one attached hydrogen (secondary N) is 2. The molecule has 0 unspecified atom stereocenters. The van der Waals surface area contributed by atoms with Gasteiger partial charge in [0.25, 0.3) is 0 Å². The van der Waals surface area contributed by atoms with Crippen LogP contribution in [0.2, 0.25) is 0 Å². The molecule has 0 heterocycles.